The van der Waals surface area contributed by atoms with Crippen molar-refractivity contribution < 1.29 is 19.0 Å². The Bertz CT molecular complexity index is 1090. The van der Waals surface area contributed by atoms with Gasteiger partial charge in [-0.25, -0.2) is 4.98 Å². The van der Waals surface area contributed by atoms with E-state index >= 15 is 0 Å². The lowest BCUT2D eigenvalue weighted by Crippen LogP contribution is -2.37. The Morgan fingerprint density at radius 2 is 1.79 bits per heavy atom. The number of carbonyl (C=O) groups excluding carboxylic acids is 1. The summed E-state index contributed by atoms with van der Waals surface area (Å²) in [5.74, 6) is 1.40. The normalized spacial score (nSPS) is 15.6. The highest BCUT2D eigenvalue weighted by Gasteiger charge is 2.32. The molecule has 1 aliphatic rings. The van der Waals surface area contributed by atoms with E-state index in [9.17, 15) is 4.79 Å². The number of aryl methyl sites for hydroxylation is 2. The van der Waals surface area contributed by atoms with E-state index in [0.29, 0.717) is 22.1 Å². The summed E-state index contributed by atoms with van der Waals surface area (Å²) in [5.41, 5.74) is 3.56. The Balaban J connectivity index is 1.85. The van der Waals surface area contributed by atoms with Crippen molar-refractivity contribution in [3.8, 4) is 17.2 Å². The fraction of sp³-hybridized carbons (Fsp3) is 0.300. The number of nitrogens with zero attached hydrogens (tertiary/aromatic N) is 1. The molecule has 3 aromatic rings. The number of amides is 1. The largest absolute Gasteiger partial charge is 0.493 e. The molecule has 1 atom stereocenters. The van der Waals surface area contributed by atoms with E-state index in [1.807, 2.05) is 26.0 Å². The smallest absolute Gasteiger partial charge is 0.265 e. The van der Waals surface area contributed by atoms with E-state index in [4.69, 9.17) is 14.2 Å². The summed E-state index contributed by atoms with van der Waals surface area (Å²) in [5, 5.41) is 7.43. The summed E-state index contributed by atoms with van der Waals surface area (Å²) in [6.45, 7) is 3.99. The molecule has 7 nitrogen and oxygen atoms in total. The molecule has 1 amide bonds. The number of benzene rings is 1. The predicted octanol–water partition coefficient (Wildman–Crippen LogP) is 3.79. The third-order valence-electron chi connectivity index (χ3n) is 4.80. The van der Waals surface area contributed by atoms with E-state index in [0.717, 1.165) is 32.7 Å². The summed E-state index contributed by atoms with van der Waals surface area (Å²) in [7, 11) is 4.69. The number of fused-ring (bicyclic) bond motifs is 3. The SMILES string of the molecule is COc1ccc([C@H]2NC(=O)c3sc4nc(C)cc(C)c4c3N2)c(OC)c1OC. The van der Waals surface area contributed by atoms with Gasteiger partial charge in [0.15, 0.2) is 11.5 Å². The van der Waals surface area contributed by atoms with Crippen LogP contribution >= 0.6 is 11.3 Å². The van der Waals surface area contributed by atoms with Crippen molar-refractivity contribution in [1.82, 2.24) is 10.3 Å². The molecule has 2 aromatic heterocycles. The van der Waals surface area contributed by atoms with Gasteiger partial charge in [0.25, 0.3) is 5.91 Å². The van der Waals surface area contributed by atoms with Crippen molar-refractivity contribution >= 4 is 33.1 Å². The predicted molar refractivity (Wildman–Crippen MR) is 109 cm³/mol. The fourth-order valence-electron chi connectivity index (χ4n) is 3.62. The van der Waals surface area contributed by atoms with Gasteiger partial charge in [-0.2, -0.15) is 0 Å². The first-order valence-corrected chi connectivity index (χ1v) is 9.57. The Labute approximate surface area is 166 Å². The molecule has 3 heterocycles. The van der Waals surface area contributed by atoms with Crippen molar-refractivity contribution in [2.24, 2.45) is 0 Å². The van der Waals surface area contributed by atoms with Crippen LogP contribution in [0.15, 0.2) is 18.2 Å². The number of aromatic nitrogens is 1. The van der Waals surface area contributed by atoms with Crippen molar-refractivity contribution in [1.29, 1.82) is 0 Å². The third-order valence-corrected chi connectivity index (χ3v) is 5.89. The van der Waals surface area contributed by atoms with Crippen LogP contribution in [0.3, 0.4) is 0 Å². The summed E-state index contributed by atoms with van der Waals surface area (Å²) in [4.78, 5) is 18.9. The van der Waals surface area contributed by atoms with E-state index in [-0.39, 0.29) is 5.91 Å². The third kappa shape index (κ3) is 2.72. The topological polar surface area (TPSA) is 81.7 Å². The molecule has 146 valence electrons. The summed E-state index contributed by atoms with van der Waals surface area (Å²) in [6, 6.07) is 5.67. The minimum Gasteiger partial charge on any atom is -0.493 e. The second-order valence-corrected chi connectivity index (χ2v) is 7.54. The van der Waals surface area contributed by atoms with Crippen LogP contribution in [0.25, 0.3) is 10.2 Å². The van der Waals surface area contributed by atoms with Gasteiger partial charge >= 0.3 is 0 Å². The van der Waals surface area contributed by atoms with Gasteiger partial charge < -0.3 is 24.8 Å². The number of rotatable bonds is 4. The average molecular weight is 399 g/mol. The van der Waals surface area contributed by atoms with Gasteiger partial charge in [-0.05, 0) is 37.6 Å². The van der Waals surface area contributed by atoms with Gasteiger partial charge in [0.2, 0.25) is 5.75 Å². The van der Waals surface area contributed by atoms with E-state index in [2.05, 4.69) is 15.6 Å². The minimum absolute atomic E-state index is 0.143. The molecule has 0 unspecified atom stereocenters. The number of thiophene rings is 1. The standard InChI is InChI=1S/C20H21N3O4S/c1-9-8-10(2)21-20-13(9)14-17(28-20)19(24)23-18(22-14)11-6-7-12(25-3)16(27-5)15(11)26-4/h6-8,18,22H,1-5H3,(H,23,24)/t18-/m1/s1. The first kappa shape index (κ1) is 18.4. The van der Waals surface area contributed by atoms with Gasteiger partial charge in [0, 0.05) is 16.6 Å². The van der Waals surface area contributed by atoms with Gasteiger partial charge in [-0.3, -0.25) is 4.79 Å². The molecule has 1 aromatic carbocycles. The molecule has 4 rings (SSSR count). The highest BCUT2D eigenvalue weighted by atomic mass is 32.1. The van der Waals surface area contributed by atoms with Crippen molar-refractivity contribution in [2.45, 2.75) is 20.0 Å². The number of hydrogen-bond donors (Lipinski definition) is 2. The molecule has 0 spiro atoms. The van der Waals surface area contributed by atoms with Crippen molar-refractivity contribution in [3.05, 3.63) is 39.9 Å². The molecular formula is C20H21N3O4S. The maximum atomic E-state index is 12.8. The van der Waals surface area contributed by atoms with Crippen LogP contribution in [-0.2, 0) is 0 Å². The molecule has 28 heavy (non-hydrogen) atoms. The quantitative estimate of drug-likeness (QED) is 0.695. The zero-order chi connectivity index (χ0) is 20.0. The fourth-order valence-corrected chi connectivity index (χ4v) is 4.79. The second kappa shape index (κ2) is 6.87. The molecule has 0 fully saturated rings. The highest BCUT2D eigenvalue weighted by Crippen LogP contribution is 2.45. The minimum atomic E-state index is -0.478. The molecular weight excluding hydrogens is 378 g/mol. The van der Waals surface area contributed by atoms with Crippen LogP contribution in [0, 0.1) is 13.8 Å². The molecule has 0 saturated heterocycles. The van der Waals surface area contributed by atoms with Gasteiger partial charge in [-0.15, -0.1) is 11.3 Å². The van der Waals surface area contributed by atoms with Crippen LogP contribution < -0.4 is 24.8 Å². The monoisotopic (exact) mass is 399 g/mol. The molecule has 2 N–H and O–H groups in total. The lowest BCUT2D eigenvalue weighted by Gasteiger charge is -2.28. The summed E-state index contributed by atoms with van der Waals surface area (Å²) >= 11 is 1.40. The second-order valence-electron chi connectivity index (χ2n) is 6.54. The lowest BCUT2D eigenvalue weighted by molar-refractivity contribution is 0.0939. The molecule has 0 saturated carbocycles. The van der Waals surface area contributed by atoms with Crippen LogP contribution in [0.5, 0.6) is 17.2 Å². The molecule has 8 heteroatoms. The Kier molecular flexibility index (Phi) is 4.50. The van der Waals surface area contributed by atoms with E-state index in [1.54, 1.807) is 27.4 Å². The van der Waals surface area contributed by atoms with Crippen LogP contribution in [0.1, 0.15) is 32.7 Å². The van der Waals surface area contributed by atoms with Crippen LogP contribution in [0.4, 0.5) is 5.69 Å². The molecule has 0 radical (unpaired) electrons. The first-order valence-electron chi connectivity index (χ1n) is 8.75. The van der Waals surface area contributed by atoms with Crippen LogP contribution in [0.2, 0.25) is 0 Å². The lowest BCUT2D eigenvalue weighted by atomic mass is 10.1. The Hall–Kier alpha value is -3.00. The average Bonchev–Trinajstić information content (AvgIpc) is 3.05. The molecule has 0 bridgehead atoms. The number of hydrogen-bond acceptors (Lipinski definition) is 7. The van der Waals surface area contributed by atoms with E-state index in [1.165, 1.54) is 11.3 Å². The zero-order valence-electron chi connectivity index (χ0n) is 16.3. The number of methoxy groups -OCH3 is 3. The maximum absolute atomic E-state index is 12.8. The van der Waals surface area contributed by atoms with Crippen LogP contribution in [-0.4, -0.2) is 32.2 Å². The number of pyridine rings is 1. The van der Waals surface area contributed by atoms with Crippen molar-refractivity contribution in [3.63, 3.8) is 0 Å². The number of carbonyl (C=O) groups is 1. The molecule has 1 aliphatic heterocycles. The first-order chi connectivity index (χ1) is 13.5. The Morgan fingerprint density at radius 1 is 1.04 bits per heavy atom. The van der Waals surface area contributed by atoms with Gasteiger partial charge in [-0.1, -0.05) is 0 Å². The zero-order valence-corrected chi connectivity index (χ0v) is 17.1. The Morgan fingerprint density at radius 3 is 2.46 bits per heavy atom. The summed E-state index contributed by atoms with van der Waals surface area (Å²) in [6.07, 6.45) is -0.478. The summed E-state index contributed by atoms with van der Waals surface area (Å²) < 4.78 is 16.4. The van der Waals surface area contributed by atoms with Crippen molar-refractivity contribution in [2.75, 3.05) is 26.6 Å². The van der Waals surface area contributed by atoms with E-state index < -0.39 is 6.17 Å². The number of anilines is 1. The molecule has 0 aliphatic carbocycles. The maximum Gasteiger partial charge on any atom is 0.265 e. The van der Waals surface area contributed by atoms with Gasteiger partial charge in [0.05, 0.1) is 27.0 Å². The van der Waals surface area contributed by atoms with Gasteiger partial charge in [0.1, 0.15) is 15.9 Å². The highest BCUT2D eigenvalue weighted by molar-refractivity contribution is 7.21. The number of ether oxygens (including phenoxy) is 3. The number of nitrogens with one attached hydrogen (secondary N) is 2.